The molecular formula is C15H11ClN2O3. The van der Waals surface area contributed by atoms with Crippen molar-refractivity contribution >= 4 is 28.9 Å². The Balaban J connectivity index is 2.03. The van der Waals surface area contributed by atoms with Crippen molar-refractivity contribution < 1.29 is 9.72 Å². The van der Waals surface area contributed by atoms with Gasteiger partial charge in [0.1, 0.15) is 5.56 Å². The lowest BCUT2D eigenvalue weighted by atomic mass is 10.1. The van der Waals surface area contributed by atoms with E-state index in [9.17, 15) is 14.9 Å². The number of para-hydroxylation sites is 1. The molecule has 0 N–H and O–H groups in total. The van der Waals surface area contributed by atoms with E-state index in [0.29, 0.717) is 6.54 Å². The van der Waals surface area contributed by atoms with Crippen molar-refractivity contribution in [1.82, 2.24) is 0 Å². The zero-order valence-corrected chi connectivity index (χ0v) is 11.7. The summed E-state index contributed by atoms with van der Waals surface area (Å²) in [6.45, 7) is 0.526. The van der Waals surface area contributed by atoms with Crippen LogP contribution in [0.25, 0.3) is 0 Å². The van der Waals surface area contributed by atoms with Gasteiger partial charge < -0.3 is 4.90 Å². The van der Waals surface area contributed by atoms with E-state index in [2.05, 4.69) is 0 Å². The first kappa shape index (κ1) is 13.6. The number of nitro benzene ring substituents is 1. The smallest absolute Gasteiger partial charge is 0.283 e. The summed E-state index contributed by atoms with van der Waals surface area (Å²) < 4.78 is 0. The van der Waals surface area contributed by atoms with Crippen LogP contribution < -0.4 is 4.90 Å². The fourth-order valence-corrected chi connectivity index (χ4v) is 2.70. The lowest BCUT2D eigenvalue weighted by molar-refractivity contribution is -0.385. The Morgan fingerprint density at radius 2 is 2.00 bits per heavy atom. The van der Waals surface area contributed by atoms with E-state index in [1.165, 1.54) is 18.2 Å². The van der Waals surface area contributed by atoms with Gasteiger partial charge >= 0.3 is 0 Å². The monoisotopic (exact) mass is 302 g/mol. The van der Waals surface area contributed by atoms with Crippen molar-refractivity contribution in [2.75, 3.05) is 11.4 Å². The lowest BCUT2D eigenvalue weighted by Crippen LogP contribution is -2.29. The van der Waals surface area contributed by atoms with E-state index < -0.39 is 4.92 Å². The second-order valence-corrected chi connectivity index (χ2v) is 5.19. The molecule has 21 heavy (non-hydrogen) atoms. The highest BCUT2D eigenvalue weighted by Gasteiger charge is 2.29. The van der Waals surface area contributed by atoms with Gasteiger partial charge in [0.2, 0.25) is 0 Å². The summed E-state index contributed by atoms with van der Waals surface area (Å²) in [7, 11) is 0. The second-order valence-electron chi connectivity index (χ2n) is 4.75. The Bertz CT molecular complexity index is 745. The minimum Gasteiger partial charge on any atom is -0.308 e. The number of anilines is 1. The number of carbonyl (C=O) groups is 1. The summed E-state index contributed by atoms with van der Waals surface area (Å²) in [5, 5.41) is 11.4. The standard InChI is InChI=1S/C15H11ClN2O3/c16-11-5-6-12(14(9-11)18(20)21)15(19)17-8-7-10-3-1-2-4-13(10)17/h1-6,9H,7-8H2. The summed E-state index contributed by atoms with van der Waals surface area (Å²) in [5.74, 6) is -0.372. The van der Waals surface area contributed by atoms with Crippen molar-refractivity contribution in [3.05, 3.63) is 68.7 Å². The van der Waals surface area contributed by atoms with E-state index in [-0.39, 0.29) is 22.2 Å². The highest BCUT2D eigenvalue weighted by atomic mass is 35.5. The van der Waals surface area contributed by atoms with Crippen LogP contribution in [0.3, 0.4) is 0 Å². The Labute approximate surface area is 125 Å². The summed E-state index contributed by atoms with van der Waals surface area (Å²) in [6, 6.07) is 11.7. The molecule has 0 aliphatic carbocycles. The molecule has 2 aromatic carbocycles. The first-order chi connectivity index (χ1) is 10.1. The average molecular weight is 303 g/mol. The van der Waals surface area contributed by atoms with Crippen molar-refractivity contribution in [2.45, 2.75) is 6.42 Å². The molecule has 0 saturated carbocycles. The summed E-state index contributed by atoms with van der Waals surface area (Å²) in [6.07, 6.45) is 0.753. The molecule has 1 amide bonds. The van der Waals surface area contributed by atoms with Crippen LogP contribution >= 0.6 is 11.6 Å². The first-order valence-electron chi connectivity index (χ1n) is 6.41. The maximum absolute atomic E-state index is 12.6. The van der Waals surface area contributed by atoms with Crippen LogP contribution in [0.2, 0.25) is 5.02 Å². The van der Waals surface area contributed by atoms with Crippen LogP contribution in [0.5, 0.6) is 0 Å². The highest BCUT2D eigenvalue weighted by molar-refractivity contribution is 6.31. The molecule has 1 aliphatic heterocycles. The quantitative estimate of drug-likeness (QED) is 0.630. The Hall–Kier alpha value is -2.40. The molecule has 0 saturated heterocycles. The maximum Gasteiger partial charge on any atom is 0.283 e. The third-order valence-corrected chi connectivity index (χ3v) is 3.75. The van der Waals surface area contributed by atoms with Gasteiger partial charge in [-0.2, -0.15) is 0 Å². The predicted octanol–water partition coefficient (Wildman–Crippen LogP) is 3.45. The Kier molecular flexibility index (Phi) is 3.35. The molecule has 0 atom stereocenters. The maximum atomic E-state index is 12.6. The van der Waals surface area contributed by atoms with Crippen molar-refractivity contribution in [1.29, 1.82) is 0 Å². The predicted molar refractivity (Wildman–Crippen MR) is 79.9 cm³/mol. The third-order valence-electron chi connectivity index (χ3n) is 3.52. The van der Waals surface area contributed by atoms with Gasteiger partial charge in [0.05, 0.1) is 4.92 Å². The molecule has 5 nitrogen and oxygen atoms in total. The van der Waals surface area contributed by atoms with Gasteiger partial charge in [0.25, 0.3) is 11.6 Å². The van der Waals surface area contributed by atoms with E-state index in [0.717, 1.165) is 17.7 Å². The number of halogens is 1. The molecule has 106 valence electrons. The minimum absolute atomic E-state index is 0.0566. The topological polar surface area (TPSA) is 63.4 Å². The number of nitrogens with zero attached hydrogens (tertiary/aromatic N) is 2. The molecule has 0 aromatic heterocycles. The highest BCUT2D eigenvalue weighted by Crippen LogP contribution is 2.31. The van der Waals surface area contributed by atoms with Crippen LogP contribution in [0.4, 0.5) is 11.4 Å². The molecule has 1 aliphatic rings. The van der Waals surface area contributed by atoms with Gasteiger partial charge in [0, 0.05) is 23.3 Å². The van der Waals surface area contributed by atoms with E-state index in [4.69, 9.17) is 11.6 Å². The van der Waals surface area contributed by atoms with Crippen LogP contribution in [0.1, 0.15) is 15.9 Å². The average Bonchev–Trinajstić information content (AvgIpc) is 2.90. The number of rotatable bonds is 2. The van der Waals surface area contributed by atoms with Crippen molar-refractivity contribution in [3.8, 4) is 0 Å². The van der Waals surface area contributed by atoms with Crippen LogP contribution in [0.15, 0.2) is 42.5 Å². The molecule has 0 spiro atoms. The summed E-state index contributed by atoms with van der Waals surface area (Å²) in [4.78, 5) is 24.7. The molecule has 0 fully saturated rings. The first-order valence-corrected chi connectivity index (χ1v) is 6.79. The summed E-state index contributed by atoms with van der Waals surface area (Å²) >= 11 is 5.78. The zero-order chi connectivity index (χ0) is 15.0. The molecular weight excluding hydrogens is 292 g/mol. The van der Waals surface area contributed by atoms with Gasteiger partial charge in [-0.15, -0.1) is 0 Å². The molecule has 3 rings (SSSR count). The van der Waals surface area contributed by atoms with Gasteiger partial charge in [-0.3, -0.25) is 14.9 Å². The Morgan fingerprint density at radius 3 is 2.76 bits per heavy atom. The number of hydrogen-bond acceptors (Lipinski definition) is 3. The van der Waals surface area contributed by atoms with E-state index in [1.807, 2.05) is 24.3 Å². The van der Waals surface area contributed by atoms with Gasteiger partial charge in [-0.25, -0.2) is 0 Å². The van der Waals surface area contributed by atoms with Crippen LogP contribution in [-0.2, 0) is 6.42 Å². The van der Waals surface area contributed by atoms with Gasteiger partial charge in [-0.05, 0) is 30.2 Å². The lowest BCUT2D eigenvalue weighted by Gasteiger charge is -2.17. The zero-order valence-electron chi connectivity index (χ0n) is 11.0. The van der Waals surface area contributed by atoms with Crippen molar-refractivity contribution in [3.63, 3.8) is 0 Å². The number of hydrogen-bond donors (Lipinski definition) is 0. The molecule has 6 heteroatoms. The summed E-state index contributed by atoms with van der Waals surface area (Å²) in [5.41, 5.74) is 1.67. The molecule has 1 heterocycles. The normalized spacial score (nSPS) is 13.1. The fraction of sp³-hybridized carbons (Fsp3) is 0.133. The SMILES string of the molecule is O=C(c1ccc(Cl)cc1[N+](=O)[O-])N1CCc2ccccc21. The fourth-order valence-electron chi connectivity index (χ4n) is 2.53. The largest absolute Gasteiger partial charge is 0.308 e. The number of carbonyl (C=O) groups excluding carboxylic acids is 1. The third kappa shape index (κ3) is 2.36. The van der Waals surface area contributed by atoms with Gasteiger partial charge in [-0.1, -0.05) is 29.8 Å². The molecule has 0 unspecified atom stereocenters. The molecule has 0 radical (unpaired) electrons. The minimum atomic E-state index is -0.582. The molecule has 0 bridgehead atoms. The van der Waals surface area contributed by atoms with Crippen molar-refractivity contribution in [2.24, 2.45) is 0 Å². The second kappa shape index (κ2) is 5.18. The number of nitro groups is 1. The van der Waals surface area contributed by atoms with Crippen LogP contribution in [-0.4, -0.2) is 17.4 Å². The van der Waals surface area contributed by atoms with Gasteiger partial charge in [0.15, 0.2) is 0 Å². The number of benzene rings is 2. The van der Waals surface area contributed by atoms with E-state index in [1.54, 1.807) is 4.90 Å². The number of fused-ring (bicyclic) bond motifs is 1. The molecule has 2 aromatic rings. The number of amides is 1. The van der Waals surface area contributed by atoms with Crippen LogP contribution in [0, 0.1) is 10.1 Å². The van der Waals surface area contributed by atoms with E-state index >= 15 is 0 Å². The Morgan fingerprint density at radius 1 is 1.24 bits per heavy atom.